The van der Waals surface area contributed by atoms with E-state index in [1.54, 1.807) is 0 Å². The topological polar surface area (TPSA) is 35.5 Å². The first kappa shape index (κ1) is 13.7. The van der Waals surface area contributed by atoms with Crippen LogP contribution in [0.15, 0.2) is 18.2 Å². The fourth-order valence-electron chi connectivity index (χ4n) is 1.31. The predicted molar refractivity (Wildman–Crippen MR) is 58.9 cm³/mol. The minimum atomic E-state index is -2.93. The predicted octanol–water partition coefficient (Wildman–Crippen LogP) is 3.17. The van der Waals surface area contributed by atoms with Crippen LogP contribution >= 0.6 is 11.6 Å². The standard InChI is InChI=1S/C11H11ClF2O3/c1-6(15)10(12)8-5-7(17-11(13)14)3-4-9(8)16-2/h3-5,10-11H,1-2H3. The van der Waals surface area contributed by atoms with Crippen LogP contribution in [-0.2, 0) is 4.79 Å². The van der Waals surface area contributed by atoms with Crippen LogP contribution in [0.4, 0.5) is 8.78 Å². The Bertz CT molecular complexity index is 410. The molecular formula is C11H11ClF2O3. The number of hydrogen-bond donors (Lipinski definition) is 0. The van der Waals surface area contributed by atoms with Crippen molar-refractivity contribution in [2.75, 3.05) is 7.11 Å². The van der Waals surface area contributed by atoms with Crippen molar-refractivity contribution in [3.8, 4) is 11.5 Å². The zero-order valence-electron chi connectivity index (χ0n) is 9.25. The number of methoxy groups -OCH3 is 1. The van der Waals surface area contributed by atoms with Crippen molar-refractivity contribution >= 4 is 17.4 Å². The van der Waals surface area contributed by atoms with Crippen molar-refractivity contribution in [2.45, 2.75) is 18.9 Å². The molecule has 0 bridgehead atoms. The van der Waals surface area contributed by atoms with Crippen LogP contribution in [0.2, 0.25) is 0 Å². The molecule has 1 atom stereocenters. The van der Waals surface area contributed by atoms with Crippen molar-refractivity contribution in [3.05, 3.63) is 23.8 Å². The van der Waals surface area contributed by atoms with Gasteiger partial charge in [-0.15, -0.1) is 11.6 Å². The van der Waals surface area contributed by atoms with E-state index >= 15 is 0 Å². The van der Waals surface area contributed by atoms with Crippen LogP contribution in [0.25, 0.3) is 0 Å². The van der Waals surface area contributed by atoms with Crippen molar-refractivity contribution in [3.63, 3.8) is 0 Å². The monoisotopic (exact) mass is 264 g/mol. The minimum Gasteiger partial charge on any atom is -0.496 e. The van der Waals surface area contributed by atoms with Gasteiger partial charge in [-0.1, -0.05) is 0 Å². The smallest absolute Gasteiger partial charge is 0.387 e. The highest BCUT2D eigenvalue weighted by Crippen LogP contribution is 2.33. The summed E-state index contributed by atoms with van der Waals surface area (Å²) in [6.45, 7) is -1.63. The Morgan fingerprint density at radius 1 is 1.41 bits per heavy atom. The maximum Gasteiger partial charge on any atom is 0.387 e. The van der Waals surface area contributed by atoms with E-state index in [2.05, 4.69) is 4.74 Å². The van der Waals surface area contributed by atoms with Gasteiger partial charge in [0.25, 0.3) is 0 Å². The van der Waals surface area contributed by atoms with Gasteiger partial charge in [0.05, 0.1) is 7.11 Å². The van der Waals surface area contributed by atoms with Gasteiger partial charge in [0.1, 0.15) is 16.9 Å². The van der Waals surface area contributed by atoms with Gasteiger partial charge < -0.3 is 9.47 Å². The molecule has 3 nitrogen and oxygen atoms in total. The number of benzene rings is 1. The Balaban J connectivity index is 3.10. The van der Waals surface area contributed by atoms with Gasteiger partial charge in [-0.2, -0.15) is 8.78 Å². The molecule has 1 aromatic rings. The maximum atomic E-state index is 12.0. The normalized spacial score (nSPS) is 12.4. The average Bonchev–Trinajstić information content (AvgIpc) is 2.27. The summed E-state index contributed by atoms with van der Waals surface area (Å²) in [5.74, 6) is -0.0244. The first-order chi connectivity index (χ1) is 7.95. The summed E-state index contributed by atoms with van der Waals surface area (Å²) in [6.07, 6.45) is 0. The summed E-state index contributed by atoms with van der Waals surface area (Å²) < 4.78 is 33.3. The molecule has 0 aliphatic heterocycles. The maximum absolute atomic E-state index is 12.0. The summed E-state index contributed by atoms with van der Waals surface area (Å²) in [4.78, 5) is 11.2. The van der Waals surface area contributed by atoms with Crippen LogP contribution in [0.1, 0.15) is 17.9 Å². The van der Waals surface area contributed by atoms with E-state index in [4.69, 9.17) is 16.3 Å². The number of rotatable bonds is 5. The molecule has 17 heavy (non-hydrogen) atoms. The summed E-state index contributed by atoms with van der Waals surface area (Å²) in [6, 6.07) is 4.01. The fraction of sp³-hybridized carbons (Fsp3) is 0.364. The number of alkyl halides is 3. The minimum absolute atomic E-state index is 0.0669. The van der Waals surface area contributed by atoms with Crippen LogP contribution < -0.4 is 9.47 Å². The molecule has 0 radical (unpaired) electrons. The Hall–Kier alpha value is -1.36. The van der Waals surface area contributed by atoms with Gasteiger partial charge >= 0.3 is 6.61 Å². The number of hydrogen-bond acceptors (Lipinski definition) is 3. The van der Waals surface area contributed by atoms with Gasteiger partial charge in [0.2, 0.25) is 0 Å². The van der Waals surface area contributed by atoms with E-state index in [1.807, 2.05) is 0 Å². The van der Waals surface area contributed by atoms with Gasteiger partial charge in [-0.3, -0.25) is 4.79 Å². The summed E-state index contributed by atoms with van der Waals surface area (Å²) in [5.41, 5.74) is 0.305. The van der Waals surface area contributed by atoms with E-state index in [0.717, 1.165) is 0 Å². The molecule has 0 spiro atoms. The summed E-state index contributed by atoms with van der Waals surface area (Å²) in [7, 11) is 1.40. The molecule has 0 N–H and O–H groups in total. The molecule has 94 valence electrons. The van der Waals surface area contributed by atoms with E-state index in [9.17, 15) is 13.6 Å². The Labute approximate surface area is 102 Å². The Morgan fingerprint density at radius 3 is 2.53 bits per heavy atom. The van der Waals surface area contributed by atoms with Crippen molar-refractivity contribution in [1.29, 1.82) is 0 Å². The zero-order valence-corrected chi connectivity index (χ0v) is 10.0. The van der Waals surface area contributed by atoms with Gasteiger partial charge in [0, 0.05) is 5.56 Å². The molecule has 0 saturated carbocycles. The van der Waals surface area contributed by atoms with Crippen LogP contribution in [0.3, 0.4) is 0 Å². The molecular weight excluding hydrogens is 254 g/mol. The third-order valence-corrected chi connectivity index (χ3v) is 2.60. The van der Waals surface area contributed by atoms with Crippen molar-refractivity contribution < 1.29 is 23.0 Å². The molecule has 0 fully saturated rings. The number of Topliss-reactive ketones (excluding diaryl/α,β-unsaturated/α-hetero) is 1. The van der Waals surface area contributed by atoms with Crippen LogP contribution in [-0.4, -0.2) is 19.5 Å². The molecule has 1 unspecified atom stereocenters. The second-order valence-electron chi connectivity index (χ2n) is 3.26. The molecule has 1 rings (SSSR count). The molecule has 0 aliphatic rings. The fourth-order valence-corrected chi connectivity index (χ4v) is 1.48. The van der Waals surface area contributed by atoms with Crippen molar-refractivity contribution in [1.82, 2.24) is 0 Å². The van der Waals surface area contributed by atoms with Crippen LogP contribution in [0, 0.1) is 0 Å². The number of carbonyl (C=O) groups is 1. The number of halogens is 3. The molecule has 0 amide bonds. The van der Waals surface area contributed by atoms with E-state index in [0.29, 0.717) is 11.3 Å². The van der Waals surface area contributed by atoms with Gasteiger partial charge in [0.15, 0.2) is 5.78 Å². The lowest BCUT2D eigenvalue weighted by atomic mass is 10.1. The van der Waals surface area contributed by atoms with E-state index in [1.165, 1.54) is 32.2 Å². The van der Waals surface area contributed by atoms with Crippen molar-refractivity contribution in [2.24, 2.45) is 0 Å². The Kier molecular flexibility index (Phi) is 4.69. The average molecular weight is 265 g/mol. The molecule has 1 aromatic carbocycles. The summed E-state index contributed by atoms with van der Waals surface area (Å²) >= 11 is 5.86. The lowest BCUT2D eigenvalue weighted by molar-refractivity contribution is -0.116. The summed E-state index contributed by atoms with van der Waals surface area (Å²) in [5, 5.41) is -0.953. The largest absolute Gasteiger partial charge is 0.496 e. The lowest BCUT2D eigenvalue weighted by Crippen LogP contribution is -2.06. The number of ether oxygens (including phenoxy) is 2. The van der Waals surface area contributed by atoms with E-state index < -0.39 is 12.0 Å². The first-order valence-electron chi connectivity index (χ1n) is 4.73. The van der Waals surface area contributed by atoms with E-state index in [-0.39, 0.29) is 11.5 Å². The SMILES string of the molecule is COc1ccc(OC(F)F)cc1C(Cl)C(C)=O. The highest BCUT2D eigenvalue weighted by Gasteiger charge is 2.19. The molecule has 0 aliphatic carbocycles. The third kappa shape index (κ3) is 3.56. The molecule has 0 saturated heterocycles. The molecule has 0 heterocycles. The Morgan fingerprint density at radius 2 is 2.06 bits per heavy atom. The highest BCUT2D eigenvalue weighted by atomic mass is 35.5. The first-order valence-corrected chi connectivity index (χ1v) is 5.16. The third-order valence-electron chi connectivity index (χ3n) is 2.06. The lowest BCUT2D eigenvalue weighted by Gasteiger charge is -2.13. The number of carbonyl (C=O) groups excluding carboxylic acids is 1. The second-order valence-corrected chi connectivity index (χ2v) is 3.69. The molecule has 0 aromatic heterocycles. The van der Waals surface area contributed by atoms with Gasteiger partial charge in [-0.25, -0.2) is 0 Å². The van der Waals surface area contributed by atoms with Gasteiger partial charge in [-0.05, 0) is 25.1 Å². The highest BCUT2D eigenvalue weighted by molar-refractivity contribution is 6.31. The van der Waals surface area contributed by atoms with Crippen LogP contribution in [0.5, 0.6) is 11.5 Å². The zero-order chi connectivity index (χ0) is 13.0. The second kappa shape index (κ2) is 5.82. The quantitative estimate of drug-likeness (QED) is 0.767. The number of ketones is 1. The molecule has 6 heteroatoms.